The molecule has 0 saturated heterocycles. The van der Waals surface area contributed by atoms with Crippen LogP contribution in [-0.4, -0.2) is 18.4 Å². The minimum atomic E-state index is -0.557. The van der Waals surface area contributed by atoms with Gasteiger partial charge >= 0.3 is 6.09 Å². The van der Waals surface area contributed by atoms with Crippen LogP contribution >= 0.6 is 11.6 Å². The maximum absolute atomic E-state index is 11.3. The molecule has 0 aliphatic carbocycles. The van der Waals surface area contributed by atoms with Crippen LogP contribution in [0.25, 0.3) is 0 Å². The Kier molecular flexibility index (Phi) is 5.36. The molecule has 1 N–H and O–H groups in total. The molecular formula is C14H19ClN2O2. The average molecular weight is 283 g/mol. The van der Waals surface area contributed by atoms with E-state index in [0.29, 0.717) is 11.6 Å². The van der Waals surface area contributed by atoms with Crippen molar-refractivity contribution in [2.45, 2.75) is 27.7 Å². The van der Waals surface area contributed by atoms with Gasteiger partial charge in [-0.3, -0.25) is 0 Å². The smallest absolute Gasteiger partial charge is 0.427 e. The van der Waals surface area contributed by atoms with Gasteiger partial charge < -0.3 is 4.74 Å². The summed E-state index contributed by atoms with van der Waals surface area (Å²) in [6.45, 7) is 8.12. The van der Waals surface area contributed by atoms with E-state index in [0.717, 1.165) is 11.3 Å². The zero-order chi connectivity index (χ0) is 14.5. The first-order valence-corrected chi connectivity index (χ1v) is 6.49. The summed E-state index contributed by atoms with van der Waals surface area (Å²) in [7, 11) is 0. The van der Waals surface area contributed by atoms with Gasteiger partial charge in [0, 0.05) is 10.4 Å². The summed E-state index contributed by atoms with van der Waals surface area (Å²) in [5, 5.41) is 4.82. The molecule has 0 saturated carbocycles. The Morgan fingerprint density at radius 3 is 2.37 bits per heavy atom. The van der Waals surface area contributed by atoms with Crippen molar-refractivity contribution in [3.8, 4) is 0 Å². The Hall–Kier alpha value is -1.55. The van der Waals surface area contributed by atoms with E-state index in [9.17, 15) is 4.79 Å². The minimum absolute atomic E-state index is 0.215. The molecule has 0 bridgehead atoms. The van der Waals surface area contributed by atoms with Crippen LogP contribution in [-0.2, 0) is 4.74 Å². The standard InChI is InChI=1S/C14H19ClN2O2/c1-5-19-13(18)17-16-12(14(2,3)4)10-6-8-11(15)9-7-10/h6-9H,5H2,1-4H3,(H,17,18)/b16-12+. The molecular weight excluding hydrogens is 264 g/mol. The Morgan fingerprint density at radius 1 is 1.32 bits per heavy atom. The van der Waals surface area contributed by atoms with Gasteiger partial charge in [-0.15, -0.1) is 0 Å². The highest BCUT2D eigenvalue weighted by Crippen LogP contribution is 2.22. The van der Waals surface area contributed by atoms with Gasteiger partial charge in [-0.2, -0.15) is 5.10 Å². The number of hydrazone groups is 1. The van der Waals surface area contributed by atoms with E-state index >= 15 is 0 Å². The molecule has 19 heavy (non-hydrogen) atoms. The van der Waals surface area contributed by atoms with Gasteiger partial charge in [0.25, 0.3) is 0 Å². The first-order chi connectivity index (χ1) is 8.84. The van der Waals surface area contributed by atoms with E-state index in [1.165, 1.54) is 0 Å². The van der Waals surface area contributed by atoms with Crippen LogP contribution in [0.5, 0.6) is 0 Å². The molecule has 0 aromatic heterocycles. The van der Waals surface area contributed by atoms with Crippen LogP contribution in [0.3, 0.4) is 0 Å². The molecule has 1 aromatic carbocycles. The van der Waals surface area contributed by atoms with Crippen LogP contribution in [0, 0.1) is 5.41 Å². The predicted molar refractivity (Wildman–Crippen MR) is 77.6 cm³/mol. The maximum Gasteiger partial charge on any atom is 0.427 e. The number of hydrogen-bond acceptors (Lipinski definition) is 3. The summed E-state index contributed by atoms with van der Waals surface area (Å²) >= 11 is 5.87. The molecule has 1 aromatic rings. The van der Waals surface area contributed by atoms with Gasteiger partial charge in [-0.25, -0.2) is 10.2 Å². The van der Waals surface area contributed by atoms with E-state index in [-0.39, 0.29) is 5.41 Å². The third-order valence-electron chi connectivity index (χ3n) is 2.36. The third-order valence-corrected chi connectivity index (χ3v) is 2.61. The number of rotatable bonds is 3. The predicted octanol–water partition coefficient (Wildman–Crippen LogP) is 3.84. The summed E-state index contributed by atoms with van der Waals surface area (Å²) in [5.74, 6) is 0. The van der Waals surface area contributed by atoms with E-state index in [4.69, 9.17) is 16.3 Å². The summed E-state index contributed by atoms with van der Waals surface area (Å²) in [6, 6.07) is 7.34. The summed E-state index contributed by atoms with van der Waals surface area (Å²) in [5.41, 5.74) is 3.85. The Bertz CT molecular complexity index is 461. The van der Waals surface area contributed by atoms with Crippen LogP contribution < -0.4 is 5.43 Å². The highest BCUT2D eigenvalue weighted by Gasteiger charge is 2.21. The molecule has 104 valence electrons. The fourth-order valence-electron chi connectivity index (χ4n) is 1.54. The molecule has 4 nitrogen and oxygen atoms in total. The summed E-state index contributed by atoms with van der Waals surface area (Å²) in [6.07, 6.45) is -0.557. The van der Waals surface area contributed by atoms with Crippen molar-refractivity contribution >= 4 is 23.4 Å². The molecule has 0 radical (unpaired) electrons. The van der Waals surface area contributed by atoms with Gasteiger partial charge in [-0.1, -0.05) is 44.5 Å². The summed E-state index contributed by atoms with van der Waals surface area (Å²) in [4.78, 5) is 11.3. The maximum atomic E-state index is 11.3. The zero-order valence-electron chi connectivity index (χ0n) is 11.7. The van der Waals surface area contributed by atoms with Crippen molar-refractivity contribution in [3.63, 3.8) is 0 Å². The highest BCUT2D eigenvalue weighted by atomic mass is 35.5. The lowest BCUT2D eigenvalue weighted by Gasteiger charge is -2.21. The van der Waals surface area contributed by atoms with Crippen molar-refractivity contribution in [1.29, 1.82) is 0 Å². The molecule has 0 aliphatic rings. The highest BCUT2D eigenvalue weighted by molar-refractivity contribution is 6.30. The van der Waals surface area contributed by atoms with Gasteiger partial charge in [0.2, 0.25) is 0 Å². The van der Waals surface area contributed by atoms with Gasteiger partial charge in [-0.05, 0) is 24.6 Å². The molecule has 1 amide bonds. The van der Waals surface area contributed by atoms with Crippen LogP contribution in [0.1, 0.15) is 33.3 Å². The lowest BCUT2D eigenvalue weighted by Crippen LogP contribution is -2.27. The van der Waals surface area contributed by atoms with E-state index < -0.39 is 6.09 Å². The third kappa shape index (κ3) is 4.91. The number of benzene rings is 1. The Balaban J connectivity index is 2.99. The van der Waals surface area contributed by atoms with Crippen molar-refractivity contribution in [1.82, 2.24) is 5.43 Å². The molecule has 0 fully saturated rings. The van der Waals surface area contributed by atoms with Gasteiger partial charge in [0.1, 0.15) is 0 Å². The number of ether oxygens (including phenoxy) is 1. The van der Waals surface area contributed by atoms with E-state index in [1.807, 2.05) is 32.9 Å². The summed E-state index contributed by atoms with van der Waals surface area (Å²) < 4.78 is 4.78. The Labute approximate surface area is 118 Å². The van der Waals surface area contributed by atoms with Crippen LogP contribution in [0.4, 0.5) is 4.79 Å². The molecule has 0 unspecified atom stereocenters. The molecule has 0 heterocycles. The van der Waals surface area contributed by atoms with Crippen molar-refractivity contribution in [2.75, 3.05) is 6.61 Å². The molecule has 0 atom stereocenters. The van der Waals surface area contributed by atoms with Crippen molar-refractivity contribution < 1.29 is 9.53 Å². The number of hydrogen-bond donors (Lipinski definition) is 1. The largest absolute Gasteiger partial charge is 0.449 e. The Morgan fingerprint density at radius 2 is 1.89 bits per heavy atom. The van der Waals surface area contributed by atoms with Gasteiger partial charge in [0.15, 0.2) is 0 Å². The zero-order valence-corrected chi connectivity index (χ0v) is 12.4. The fraction of sp³-hybridized carbons (Fsp3) is 0.429. The first-order valence-electron chi connectivity index (χ1n) is 6.11. The molecule has 0 spiro atoms. The lowest BCUT2D eigenvalue weighted by molar-refractivity contribution is 0.152. The molecule has 1 rings (SSSR count). The second kappa shape index (κ2) is 6.57. The van der Waals surface area contributed by atoms with Crippen LogP contribution in [0.2, 0.25) is 5.02 Å². The minimum Gasteiger partial charge on any atom is -0.449 e. The fourth-order valence-corrected chi connectivity index (χ4v) is 1.66. The number of carbonyl (C=O) groups is 1. The van der Waals surface area contributed by atoms with E-state index in [2.05, 4.69) is 10.5 Å². The van der Waals surface area contributed by atoms with Crippen molar-refractivity contribution in [3.05, 3.63) is 34.9 Å². The number of nitrogens with one attached hydrogen (secondary N) is 1. The number of amides is 1. The van der Waals surface area contributed by atoms with Crippen molar-refractivity contribution in [2.24, 2.45) is 10.5 Å². The molecule has 5 heteroatoms. The topological polar surface area (TPSA) is 50.7 Å². The quantitative estimate of drug-likeness (QED) is 0.676. The lowest BCUT2D eigenvalue weighted by atomic mass is 9.86. The molecule has 0 aliphatic heterocycles. The van der Waals surface area contributed by atoms with E-state index in [1.54, 1.807) is 19.1 Å². The average Bonchev–Trinajstić information content (AvgIpc) is 2.30. The number of halogens is 1. The number of carbonyl (C=O) groups excluding carboxylic acids is 1. The monoisotopic (exact) mass is 282 g/mol. The normalized spacial score (nSPS) is 12.2. The second-order valence-electron chi connectivity index (χ2n) is 5.05. The SMILES string of the molecule is CCOC(=O)N/N=C(\c1ccc(Cl)cc1)C(C)(C)C. The second-order valence-corrected chi connectivity index (χ2v) is 5.49. The van der Waals surface area contributed by atoms with Crippen LogP contribution in [0.15, 0.2) is 29.4 Å². The van der Waals surface area contributed by atoms with Gasteiger partial charge in [0.05, 0.1) is 12.3 Å². The first kappa shape index (κ1) is 15.5. The number of nitrogens with zero attached hydrogens (tertiary/aromatic N) is 1.